The van der Waals surface area contributed by atoms with Crippen LogP contribution in [-0.4, -0.2) is 71.5 Å². The third-order valence-electron chi connectivity index (χ3n) is 5.98. The topological polar surface area (TPSA) is 220 Å². The molecule has 20 heteroatoms. The number of halogens is 3. The van der Waals surface area contributed by atoms with Crippen molar-refractivity contribution in [1.29, 1.82) is 0 Å². The zero-order chi connectivity index (χ0) is 33.6. The Morgan fingerprint density at radius 3 is 2.20 bits per heavy atom. The molecule has 0 saturated heterocycles. The molecule has 0 fully saturated rings. The Balaban J connectivity index is 0.000000482. The van der Waals surface area contributed by atoms with E-state index in [1.165, 1.54) is 12.1 Å². The standard InChI is InChI=1S/C25H23F3N6O.2H2O4S/c1-16-14-33(15-29-16)21-11-9-17(30-24(21)35-2)10-12-22-31-23-19(7-5-13-34(23)32-22)18-6-3-4-8-20(18)25(26,27)28;2*1-5(2,3)4/h3-4,6,8-12,14-15,19H,5,7,13H2,1-2H3;2*(H2,1,2,3,4)/b12-10+;;/t19-;;/m0../s1. The molecule has 4 N–H and O–H groups in total. The van der Waals surface area contributed by atoms with Crippen molar-refractivity contribution in [2.45, 2.75) is 38.4 Å². The highest BCUT2D eigenvalue weighted by Gasteiger charge is 2.37. The number of imidazole rings is 1. The van der Waals surface area contributed by atoms with Gasteiger partial charge in [-0.25, -0.2) is 19.6 Å². The van der Waals surface area contributed by atoms with Crippen molar-refractivity contribution in [3.8, 4) is 11.6 Å². The van der Waals surface area contributed by atoms with Crippen LogP contribution in [0.4, 0.5) is 13.2 Å². The molecular formula is C25H27F3N6O9S2. The van der Waals surface area contributed by atoms with Gasteiger partial charge in [-0.05, 0) is 55.7 Å². The fourth-order valence-electron chi connectivity index (χ4n) is 4.39. The van der Waals surface area contributed by atoms with E-state index in [0.29, 0.717) is 36.2 Å². The van der Waals surface area contributed by atoms with Gasteiger partial charge in [0.05, 0.1) is 30.4 Å². The summed E-state index contributed by atoms with van der Waals surface area (Å²) in [6, 6.07) is 9.42. The number of pyridine rings is 1. The Labute approximate surface area is 255 Å². The van der Waals surface area contributed by atoms with Crippen molar-refractivity contribution < 1.29 is 53.0 Å². The molecular weight excluding hydrogens is 649 g/mol. The lowest BCUT2D eigenvalue weighted by molar-refractivity contribution is -0.138. The van der Waals surface area contributed by atoms with E-state index >= 15 is 0 Å². The van der Waals surface area contributed by atoms with E-state index < -0.39 is 38.5 Å². The number of aryl methyl sites for hydroxylation is 2. The molecule has 5 rings (SSSR count). The monoisotopic (exact) mass is 676 g/mol. The van der Waals surface area contributed by atoms with Gasteiger partial charge in [-0.3, -0.25) is 18.2 Å². The largest absolute Gasteiger partial charge is 0.479 e. The summed E-state index contributed by atoms with van der Waals surface area (Å²) in [5.74, 6) is 0.938. The zero-order valence-corrected chi connectivity index (χ0v) is 25.1. The molecule has 0 amide bonds. The minimum atomic E-state index is -4.67. The highest BCUT2D eigenvalue weighted by molar-refractivity contribution is 7.80. The molecule has 4 aromatic rings. The molecule has 0 saturated carbocycles. The number of alkyl halides is 3. The average Bonchev–Trinajstić information content (AvgIpc) is 3.55. The summed E-state index contributed by atoms with van der Waals surface area (Å²) in [7, 11) is -7.78. The average molecular weight is 677 g/mol. The van der Waals surface area contributed by atoms with Crippen LogP contribution in [0, 0.1) is 6.92 Å². The number of benzene rings is 1. The maximum absolute atomic E-state index is 13.6. The van der Waals surface area contributed by atoms with Crippen LogP contribution < -0.4 is 4.74 Å². The van der Waals surface area contributed by atoms with Crippen LogP contribution >= 0.6 is 0 Å². The van der Waals surface area contributed by atoms with Crippen molar-refractivity contribution in [3.05, 3.63) is 83.1 Å². The van der Waals surface area contributed by atoms with Crippen LogP contribution in [-0.2, 0) is 33.5 Å². The lowest BCUT2D eigenvalue weighted by atomic mass is 9.88. The first-order valence-corrected chi connectivity index (χ1v) is 15.4. The molecule has 1 aliphatic heterocycles. The highest BCUT2D eigenvalue weighted by Crippen LogP contribution is 2.40. The molecule has 1 aliphatic rings. The highest BCUT2D eigenvalue weighted by atomic mass is 32.3. The second-order valence-corrected chi connectivity index (χ2v) is 11.0. The van der Waals surface area contributed by atoms with Gasteiger partial charge in [-0.2, -0.15) is 35.1 Å². The van der Waals surface area contributed by atoms with E-state index in [-0.39, 0.29) is 5.56 Å². The molecule has 45 heavy (non-hydrogen) atoms. The molecule has 0 bridgehead atoms. The number of aromatic nitrogens is 6. The summed E-state index contributed by atoms with van der Waals surface area (Å²) in [4.78, 5) is 13.3. The van der Waals surface area contributed by atoms with E-state index in [0.717, 1.165) is 23.9 Å². The number of nitrogens with zero attached hydrogens (tertiary/aromatic N) is 6. The van der Waals surface area contributed by atoms with E-state index in [2.05, 4.69) is 20.1 Å². The Bertz CT molecular complexity index is 1830. The van der Waals surface area contributed by atoms with Crippen molar-refractivity contribution in [3.63, 3.8) is 0 Å². The molecule has 4 heterocycles. The van der Waals surface area contributed by atoms with Gasteiger partial charge >= 0.3 is 27.0 Å². The fourth-order valence-corrected chi connectivity index (χ4v) is 4.39. The lowest BCUT2D eigenvalue weighted by Gasteiger charge is -2.25. The van der Waals surface area contributed by atoms with Gasteiger partial charge in [-0.1, -0.05) is 18.2 Å². The second kappa shape index (κ2) is 14.3. The smallest absolute Gasteiger partial charge is 0.416 e. The third-order valence-corrected chi connectivity index (χ3v) is 5.98. The van der Waals surface area contributed by atoms with Gasteiger partial charge < -0.3 is 9.30 Å². The van der Waals surface area contributed by atoms with Gasteiger partial charge in [0.1, 0.15) is 11.5 Å². The van der Waals surface area contributed by atoms with E-state index in [4.69, 9.17) is 39.8 Å². The third kappa shape index (κ3) is 11.0. The minimum absolute atomic E-state index is 0.237. The van der Waals surface area contributed by atoms with Crippen LogP contribution in [0.3, 0.4) is 0 Å². The summed E-state index contributed by atoms with van der Waals surface area (Å²) < 4.78 is 113. The Morgan fingerprint density at radius 1 is 0.978 bits per heavy atom. The van der Waals surface area contributed by atoms with Gasteiger partial charge in [0, 0.05) is 18.7 Å². The van der Waals surface area contributed by atoms with Crippen molar-refractivity contribution in [1.82, 2.24) is 29.3 Å². The molecule has 0 unspecified atom stereocenters. The predicted octanol–water partition coefficient (Wildman–Crippen LogP) is 3.99. The summed E-state index contributed by atoms with van der Waals surface area (Å²) in [5, 5.41) is 4.51. The Kier molecular flexibility index (Phi) is 11.2. The van der Waals surface area contributed by atoms with Crippen molar-refractivity contribution >= 4 is 33.0 Å². The first-order valence-electron chi connectivity index (χ1n) is 12.6. The summed E-state index contributed by atoms with van der Waals surface area (Å²) in [6.45, 7) is 2.52. The van der Waals surface area contributed by atoms with Gasteiger partial charge in [0.25, 0.3) is 0 Å². The maximum Gasteiger partial charge on any atom is 0.416 e. The summed E-state index contributed by atoms with van der Waals surface area (Å²) in [6.07, 6.45) is 3.92. The van der Waals surface area contributed by atoms with Gasteiger partial charge in [0.15, 0.2) is 5.82 Å². The minimum Gasteiger partial charge on any atom is -0.479 e. The summed E-state index contributed by atoms with van der Waals surface area (Å²) >= 11 is 0. The van der Waals surface area contributed by atoms with E-state index in [9.17, 15) is 13.2 Å². The van der Waals surface area contributed by atoms with Crippen LogP contribution in [0.2, 0.25) is 0 Å². The SMILES string of the molecule is COc1nc(/C=C/c2nc3n(n2)CCC[C@H]3c2ccccc2C(F)(F)F)ccc1-n1cnc(C)c1.O=S(=O)(O)O.O=S(=O)(O)O. The Hall–Kier alpha value is -4.21. The first-order chi connectivity index (χ1) is 20.8. The molecule has 15 nitrogen and oxygen atoms in total. The molecule has 0 spiro atoms. The van der Waals surface area contributed by atoms with Crippen LogP contribution in [0.1, 0.15) is 52.9 Å². The van der Waals surface area contributed by atoms with Gasteiger partial charge in [-0.15, -0.1) is 0 Å². The number of hydrogen-bond donors (Lipinski definition) is 4. The van der Waals surface area contributed by atoms with E-state index in [1.807, 2.05) is 29.8 Å². The molecule has 1 aromatic carbocycles. The second-order valence-electron chi connectivity index (χ2n) is 9.25. The molecule has 3 aromatic heterocycles. The van der Waals surface area contributed by atoms with E-state index in [1.54, 1.807) is 36.3 Å². The molecule has 0 radical (unpaired) electrons. The molecule has 1 atom stereocenters. The number of hydrogen-bond acceptors (Lipinski definition) is 9. The van der Waals surface area contributed by atoms with Gasteiger partial charge in [0.2, 0.25) is 5.88 Å². The van der Waals surface area contributed by atoms with Crippen LogP contribution in [0.15, 0.2) is 48.9 Å². The number of methoxy groups -OCH3 is 1. The Morgan fingerprint density at radius 2 is 1.62 bits per heavy atom. The van der Waals surface area contributed by atoms with Crippen molar-refractivity contribution in [2.24, 2.45) is 0 Å². The molecule has 0 aliphatic carbocycles. The van der Waals surface area contributed by atoms with Crippen molar-refractivity contribution in [2.75, 3.05) is 7.11 Å². The van der Waals surface area contributed by atoms with Crippen LogP contribution in [0.5, 0.6) is 5.88 Å². The van der Waals surface area contributed by atoms with Crippen LogP contribution in [0.25, 0.3) is 17.8 Å². The normalized spacial score (nSPS) is 15.0. The lowest BCUT2D eigenvalue weighted by Crippen LogP contribution is -2.21. The zero-order valence-electron chi connectivity index (χ0n) is 23.4. The summed E-state index contributed by atoms with van der Waals surface area (Å²) in [5.41, 5.74) is 1.88. The fraction of sp³-hybridized carbons (Fsp3) is 0.280. The maximum atomic E-state index is 13.6. The number of fused-ring (bicyclic) bond motifs is 1. The predicted molar refractivity (Wildman–Crippen MR) is 152 cm³/mol. The first kappa shape index (κ1) is 35.3. The molecule has 244 valence electrons. The number of ether oxygens (including phenoxy) is 1. The quantitative estimate of drug-likeness (QED) is 0.220. The number of rotatable bonds is 5.